The summed E-state index contributed by atoms with van der Waals surface area (Å²) in [6.07, 6.45) is 0.838. The first kappa shape index (κ1) is 16.0. The van der Waals surface area contributed by atoms with Crippen molar-refractivity contribution in [2.24, 2.45) is 5.92 Å². The maximum absolute atomic E-state index is 12.3. The van der Waals surface area contributed by atoms with E-state index in [0.717, 1.165) is 19.5 Å². The molecule has 1 heterocycles. The standard InChI is InChI=1S/C15H21N3O2S/c1-12-10-18(2)8-7-15(12)17-21(19,20)11-14-5-3-13(9-16)4-6-14/h3-6,12,15,17H,7-8,10-11H2,1-2H3. The van der Waals surface area contributed by atoms with Crippen molar-refractivity contribution in [2.45, 2.75) is 25.1 Å². The summed E-state index contributed by atoms with van der Waals surface area (Å²) in [5.74, 6) is 0.261. The number of rotatable bonds is 4. The van der Waals surface area contributed by atoms with Crippen LogP contribution < -0.4 is 4.72 Å². The minimum absolute atomic E-state index is 0.00424. The molecule has 1 N–H and O–H groups in total. The van der Waals surface area contributed by atoms with Gasteiger partial charge in [0.25, 0.3) is 0 Å². The zero-order valence-electron chi connectivity index (χ0n) is 12.4. The molecule has 2 unspecified atom stereocenters. The Hall–Kier alpha value is -1.42. The molecule has 2 rings (SSSR count). The summed E-state index contributed by atoms with van der Waals surface area (Å²) < 4.78 is 27.3. The van der Waals surface area contributed by atoms with Crippen LogP contribution in [-0.4, -0.2) is 39.5 Å². The first-order valence-corrected chi connectivity index (χ1v) is 8.72. The molecular weight excluding hydrogens is 286 g/mol. The van der Waals surface area contributed by atoms with E-state index in [1.54, 1.807) is 24.3 Å². The smallest absolute Gasteiger partial charge is 0.216 e. The number of likely N-dealkylation sites (tertiary alicyclic amines) is 1. The van der Waals surface area contributed by atoms with E-state index in [1.807, 2.05) is 6.07 Å². The highest BCUT2D eigenvalue weighted by atomic mass is 32.2. The van der Waals surface area contributed by atoms with E-state index in [-0.39, 0.29) is 11.8 Å². The van der Waals surface area contributed by atoms with Crippen LogP contribution in [0.2, 0.25) is 0 Å². The Labute approximate surface area is 126 Å². The van der Waals surface area contributed by atoms with E-state index in [9.17, 15) is 8.42 Å². The Morgan fingerprint density at radius 1 is 1.38 bits per heavy atom. The molecule has 6 heteroatoms. The zero-order valence-corrected chi connectivity index (χ0v) is 13.2. The summed E-state index contributed by atoms with van der Waals surface area (Å²) in [5, 5.41) is 8.74. The number of nitrogens with one attached hydrogen (secondary N) is 1. The van der Waals surface area contributed by atoms with Crippen LogP contribution in [-0.2, 0) is 15.8 Å². The van der Waals surface area contributed by atoms with Crippen LogP contribution in [0.1, 0.15) is 24.5 Å². The second-order valence-corrected chi connectivity index (χ2v) is 7.57. The molecule has 1 aliphatic heterocycles. The van der Waals surface area contributed by atoms with Crippen molar-refractivity contribution < 1.29 is 8.42 Å². The Kier molecular flexibility index (Phi) is 4.99. The maximum Gasteiger partial charge on any atom is 0.216 e. The average Bonchev–Trinajstić information content (AvgIpc) is 2.42. The second-order valence-electron chi connectivity index (χ2n) is 5.82. The molecule has 1 saturated heterocycles. The van der Waals surface area contributed by atoms with E-state index >= 15 is 0 Å². The largest absolute Gasteiger partial charge is 0.306 e. The number of benzene rings is 1. The van der Waals surface area contributed by atoms with Gasteiger partial charge in [0.2, 0.25) is 10.0 Å². The first-order chi connectivity index (χ1) is 9.89. The van der Waals surface area contributed by atoms with Crippen molar-refractivity contribution in [3.63, 3.8) is 0 Å². The van der Waals surface area contributed by atoms with Crippen LogP contribution in [0.3, 0.4) is 0 Å². The number of sulfonamides is 1. The van der Waals surface area contributed by atoms with Crippen molar-refractivity contribution >= 4 is 10.0 Å². The van der Waals surface area contributed by atoms with Gasteiger partial charge in [-0.1, -0.05) is 19.1 Å². The topological polar surface area (TPSA) is 73.2 Å². The van der Waals surface area contributed by atoms with Gasteiger partial charge in [-0.05, 0) is 43.6 Å². The molecule has 0 saturated carbocycles. The van der Waals surface area contributed by atoms with Crippen molar-refractivity contribution in [3.05, 3.63) is 35.4 Å². The Morgan fingerprint density at radius 2 is 2.05 bits per heavy atom. The molecule has 2 atom stereocenters. The van der Waals surface area contributed by atoms with E-state index in [2.05, 4.69) is 23.6 Å². The SMILES string of the molecule is CC1CN(C)CCC1NS(=O)(=O)Cc1ccc(C#N)cc1. The van der Waals surface area contributed by atoms with Gasteiger partial charge >= 0.3 is 0 Å². The van der Waals surface area contributed by atoms with Crippen LogP contribution in [0.25, 0.3) is 0 Å². The van der Waals surface area contributed by atoms with Gasteiger partial charge in [0.15, 0.2) is 0 Å². The predicted octanol–water partition coefficient (Wildman–Crippen LogP) is 1.32. The number of nitriles is 1. The number of hydrogen-bond donors (Lipinski definition) is 1. The number of hydrogen-bond acceptors (Lipinski definition) is 4. The summed E-state index contributed by atoms with van der Waals surface area (Å²) in [6, 6.07) is 8.69. The van der Waals surface area contributed by atoms with Crippen molar-refractivity contribution in [1.29, 1.82) is 5.26 Å². The van der Waals surface area contributed by atoms with Gasteiger partial charge in [0, 0.05) is 12.6 Å². The lowest BCUT2D eigenvalue weighted by Crippen LogP contribution is -2.49. The van der Waals surface area contributed by atoms with Crippen LogP contribution >= 0.6 is 0 Å². The molecule has 0 aromatic heterocycles. The summed E-state index contributed by atoms with van der Waals surface area (Å²) >= 11 is 0. The van der Waals surface area contributed by atoms with Gasteiger partial charge in [0.05, 0.1) is 17.4 Å². The fraction of sp³-hybridized carbons (Fsp3) is 0.533. The highest BCUT2D eigenvalue weighted by Gasteiger charge is 2.27. The van der Waals surface area contributed by atoms with Crippen molar-refractivity contribution in [2.75, 3.05) is 20.1 Å². The molecular formula is C15H21N3O2S. The van der Waals surface area contributed by atoms with Gasteiger partial charge in [-0.3, -0.25) is 0 Å². The molecule has 0 spiro atoms. The second kappa shape index (κ2) is 6.56. The summed E-state index contributed by atoms with van der Waals surface area (Å²) in [7, 11) is -1.30. The maximum atomic E-state index is 12.3. The minimum Gasteiger partial charge on any atom is -0.306 e. The molecule has 1 aromatic carbocycles. The zero-order chi connectivity index (χ0) is 15.5. The van der Waals surface area contributed by atoms with Gasteiger partial charge in [-0.15, -0.1) is 0 Å². The molecule has 0 aliphatic carbocycles. The lowest BCUT2D eigenvalue weighted by Gasteiger charge is -2.34. The molecule has 5 nitrogen and oxygen atoms in total. The van der Waals surface area contributed by atoms with Gasteiger partial charge in [-0.25, -0.2) is 13.1 Å². The summed E-state index contributed by atoms with van der Waals surface area (Å²) in [6.45, 7) is 3.89. The van der Waals surface area contributed by atoms with Crippen LogP contribution in [0.5, 0.6) is 0 Å². The third-order valence-electron chi connectivity index (χ3n) is 3.88. The quantitative estimate of drug-likeness (QED) is 0.910. The third-order valence-corrected chi connectivity index (χ3v) is 5.25. The highest BCUT2D eigenvalue weighted by molar-refractivity contribution is 7.88. The molecule has 1 aromatic rings. The fourth-order valence-corrected chi connectivity index (χ4v) is 4.22. The van der Waals surface area contributed by atoms with Crippen LogP contribution in [0.15, 0.2) is 24.3 Å². The molecule has 21 heavy (non-hydrogen) atoms. The number of piperidine rings is 1. The lowest BCUT2D eigenvalue weighted by atomic mass is 9.95. The molecule has 0 bridgehead atoms. The van der Waals surface area contributed by atoms with E-state index in [0.29, 0.717) is 17.0 Å². The van der Waals surface area contributed by atoms with Gasteiger partial charge in [-0.2, -0.15) is 5.26 Å². The monoisotopic (exact) mass is 307 g/mol. The Morgan fingerprint density at radius 3 is 2.62 bits per heavy atom. The van der Waals surface area contributed by atoms with Gasteiger partial charge < -0.3 is 4.90 Å². The normalized spacial score (nSPS) is 23.7. The van der Waals surface area contributed by atoms with Crippen LogP contribution in [0, 0.1) is 17.2 Å². The summed E-state index contributed by atoms with van der Waals surface area (Å²) in [5.41, 5.74) is 1.23. The first-order valence-electron chi connectivity index (χ1n) is 7.07. The van der Waals surface area contributed by atoms with Crippen LogP contribution in [0.4, 0.5) is 0 Å². The Balaban J connectivity index is 2.00. The highest BCUT2D eigenvalue weighted by Crippen LogP contribution is 2.17. The van der Waals surface area contributed by atoms with Crippen molar-refractivity contribution in [1.82, 2.24) is 9.62 Å². The fourth-order valence-electron chi connectivity index (χ4n) is 2.70. The molecule has 1 aliphatic rings. The lowest BCUT2D eigenvalue weighted by molar-refractivity contribution is 0.188. The Bertz CT molecular complexity index is 619. The molecule has 114 valence electrons. The summed E-state index contributed by atoms with van der Waals surface area (Å²) in [4.78, 5) is 2.22. The predicted molar refractivity (Wildman–Crippen MR) is 82.0 cm³/mol. The third kappa shape index (κ3) is 4.53. The molecule has 1 fully saturated rings. The number of nitrogens with zero attached hydrogens (tertiary/aromatic N) is 2. The molecule has 0 amide bonds. The van der Waals surface area contributed by atoms with Crippen molar-refractivity contribution in [3.8, 4) is 6.07 Å². The van der Waals surface area contributed by atoms with E-state index in [1.165, 1.54) is 0 Å². The minimum atomic E-state index is -3.36. The van der Waals surface area contributed by atoms with Gasteiger partial charge in [0.1, 0.15) is 0 Å². The average molecular weight is 307 g/mol. The van der Waals surface area contributed by atoms with E-state index < -0.39 is 10.0 Å². The molecule has 0 radical (unpaired) electrons. The van der Waals surface area contributed by atoms with E-state index in [4.69, 9.17) is 5.26 Å².